The van der Waals surface area contributed by atoms with Gasteiger partial charge in [0.05, 0.1) is 22.9 Å². The van der Waals surface area contributed by atoms with E-state index in [4.69, 9.17) is 9.84 Å². The lowest BCUT2D eigenvalue weighted by molar-refractivity contribution is 0.105. The first-order valence-corrected chi connectivity index (χ1v) is 11.1. The highest BCUT2D eigenvalue weighted by molar-refractivity contribution is 7.12. The van der Waals surface area contributed by atoms with Crippen LogP contribution in [0.4, 0.5) is 0 Å². The molecule has 5 heteroatoms. The second-order valence-electron chi connectivity index (χ2n) is 7.62. The number of carbonyl (C=O) groups excluding carboxylic acids is 1. The first-order chi connectivity index (χ1) is 15.1. The number of carbonyl (C=O) groups is 1. The predicted octanol–water partition coefficient (Wildman–Crippen LogP) is 6.53. The fourth-order valence-electron chi connectivity index (χ4n) is 3.08. The number of benzene rings is 2. The summed E-state index contributed by atoms with van der Waals surface area (Å²) in [6.07, 6.45) is 5.40. The van der Waals surface area contributed by atoms with Gasteiger partial charge in [0.15, 0.2) is 5.78 Å². The van der Waals surface area contributed by atoms with Gasteiger partial charge >= 0.3 is 0 Å². The molecule has 0 aliphatic carbocycles. The second kappa shape index (κ2) is 9.58. The van der Waals surface area contributed by atoms with E-state index in [0.29, 0.717) is 12.5 Å². The summed E-state index contributed by atoms with van der Waals surface area (Å²) in [6.45, 7) is 4.93. The van der Waals surface area contributed by atoms with E-state index in [9.17, 15) is 4.79 Å². The van der Waals surface area contributed by atoms with Crippen LogP contribution in [0.15, 0.2) is 84.4 Å². The average molecular weight is 429 g/mol. The molecule has 2 aromatic carbocycles. The van der Waals surface area contributed by atoms with Crippen molar-refractivity contribution in [3.8, 4) is 22.7 Å². The molecular formula is C26H24N2O2S. The van der Waals surface area contributed by atoms with Gasteiger partial charge in [0.1, 0.15) is 5.75 Å². The zero-order chi connectivity index (χ0) is 21.6. The Morgan fingerprint density at radius 1 is 1.06 bits per heavy atom. The van der Waals surface area contributed by atoms with Crippen molar-refractivity contribution < 1.29 is 9.53 Å². The molecule has 2 heterocycles. The number of para-hydroxylation sites is 1. The molecule has 4 rings (SSSR count). The van der Waals surface area contributed by atoms with Crippen LogP contribution in [0.3, 0.4) is 0 Å². The zero-order valence-electron chi connectivity index (χ0n) is 17.6. The number of nitrogens with zero attached hydrogens (tertiary/aromatic N) is 2. The fourth-order valence-corrected chi connectivity index (χ4v) is 3.73. The second-order valence-corrected chi connectivity index (χ2v) is 8.56. The van der Waals surface area contributed by atoms with Crippen molar-refractivity contribution in [2.45, 2.75) is 13.8 Å². The molecular weight excluding hydrogens is 404 g/mol. The summed E-state index contributed by atoms with van der Waals surface area (Å²) in [4.78, 5) is 13.2. The molecule has 0 atom stereocenters. The fraction of sp³-hybridized carbons (Fsp3) is 0.154. The lowest BCUT2D eigenvalue weighted by Crippen LogP contribution is -2.04. The minimum absolute atomic E-state index is 0.00848. The zero-order valence-corrected chi connectivity index (χ0v) is 18.4. The Balaban J connectivity index is 1.66. The molecule has 0 aliphatic rings. The standard InChI is InChI=1S/C26H24N2O2S/c1-19(2)18-30-23-13-10-20(11-14-23)26-21(12-15-24(29)25-9-6-16-31-25)17-28(27-26)22-7-4-3-5-8-22/h3-17,19H,18H2,1-2H3/b15-12-. The van der Waals surface area contributed by atoms with Crippen molar-refractivity contribution in [2.75, 3.05) is 6.61 Å². The van der Waals surface area contributed by atoms with E-state index in [1.54, 1.807) is 6.08 Å². The third-order valence-electron chi connectivity index (χ3n) is 4.65. The molecule has 0 spiro atoms. The molecule has 4 aromatic rings. The van der Waals surface area contributed by atoms with E-state index in [1.807, 2.05) is 89.1 Å². The summed E-state index contributed by atoms with van der Waals surface area (Å²) < 4.78 is 7.64. The Morgan fingerprint density at radius 3 is 2.52 bits per heavy atom. The SMILES string of the molecule is CC(C)COc1ccc(-c2nn(-c3ccccc3)cc2/C=C\C(=O)c2cccs2)cc1. The number of aromatic nitrogens is 2. The Labute approximate surface area is 186 Å². The van der Waals surface area contributed by atoms with Crippen LogP contribution in [-0.2, 0) is 0 Å². The molecule has 0 radical (unpaired) electrons. The van der Waals surface area contributed by atoms with E-state index in [0.717, 1.165) is 33.1 Å². The number of rotatable bonds is 8. The van der Waals surface area contributed by atoms with Crippen molar-refractivity contribution >= 4 is 23.2 Å². The lowest BCUT2D eigenvalue weighted by atomic mass is 10.1. The van der Waals surface area contributed by atoms with E-state index >= 15 is 0 Å². The van der Waals surface area contributed by atoms with Crippen LogP contribution in [0.2, 0.25) is 0 Å². The largest absolute Gasteiger partial charge is 0.493 e. The molecule has 2 aromatic heterocycles. The van der Waals surface area contributed by atoms with Crippen molar-refractivity contribution in [3.63, 3.8) is 0 Å². The van der Waals surface area contributed by atoms with E-state index in [1.165, 1.54) is 11.3 Å². The molecule has 0 saturated carbocycles. The van der Waals surface area contributed by atoms with Gasteiger partial charge in [-0.1, -0.05) is 38.1 Å². The number of hydrogen-bond acceptors (Lipinski definition) is 4. The van der Waals surface area contributed by atoms with E-state index in [2.05, 4.69) is 13.8 Å². The highest BCUT2D eigenvalue weighted by atomic mass is 32.1. The Bertz CT molecular complexity index is 1160. The maximum Gasteiger partial charge on any atom is 0.195 e. The van der Waals surface area contributed by atoms with Crippen LogP contribution in [0.25, 0.3) is 23.0 Å². The van der Waals surface area contributed by atoms with Gasteiger partial charge in [0.2, 0.25) is 0 Å². The molecule has 156 valence electrons. The lowest BCUT2D eigenvalue weighted by Gasteiger charge is -2.09. The van der Waals surface area contributed by atoms with Crippen LogP contribution in [0.1, 0.15) is 29.1 Å². The van der Waals surface area contributed by atoms with Crippen molar-refractivity contribution in [1.29, 1.82) is 0 Å². The average Bonchev–Trinajstić information content (AvgIpc) is 3.47. The highest BCUT2D eigenvalue weighted by Gasteiger charge is 2.12. The van der Waals surface area contributed by atoms with Crippen LogP contribution in [0.5, 0.6) is 5.75 Å². The van der Waals surface area contributed by atoms with Gasteiger partial charge in [-0.05, 0) is 65.9 Å². The van der Waals surface area contributed by atoms with Gasteiger partial charge in [-0.2, -0.15) is 5.10 Å². The molecule has 4 nitrogen and oxygen atoms in total. The minimum atomic E-state index is -0.00848. The normalized spacial score (nSPS) is 11.3. The van der Waals surface area contributed by atoms with Gasteiger partial charge in [-0.3, -0.25) is 4.79 Å². The van der Waals surface area contributed by atoms with Crippen LogP contribution in [0, 0.1) is 5.92 Å². The summed E-state index contributed by atoms with van der Waals surface area (Å²) in [5.74, 6) is 1.30. The Hall–Kier alpha value is -3.44. The maximum atomic E-state index is 12.5. The minimum Gasteiger partial charge on any atom is -0.493 e. The van der Waals surface area contributed by atoms with Crippen molar-refractivity contribution in [3.05, 3.63) is 94.8 Å². The Morgan fingerprint density at radius 2 is 1.84 bits per heavy atom. The highest BCUT2D eigenvalue weighted by Crippen LogP contribution is 2.27. The molecule has 0 N–H and O–H groups in total. The third-order valence-corrected chi connectivity index (χ3v) is 5.54. The third kappa shape index (κ3) is 5.19. The van der Waals surface area contributed by atoms with E-state index < -0.39 is 0 Å². The number of hydrogen-bond donors (Lipinski definition) is 0. The van der Waals surface area contributed by atoms with Crippen LogP contribution >= 0.6 is 11.3 Å². The number of ketones is 1. The molecule has 0 fully saturated rings. The first-order valence-electron chi connectivity index (χ1n) is 10.2. The number of allylic oxidation sites excluding steroid dienone is 1. The maximum absolute atomic E-state index is 12.5. The summed E-state index contributed by atoms with van der Waals surface area (Å²) in [7, 11) is 0. The van der Waals surface area contributed by atoms with Crippen LogP contribution < -0.4 is 4.74 Å². The first kappa shape index (κ1) is 20.8. The van der Waals surface area contributed by atoms with Crippen molar-refractivity contribution in [1.82, 2.24) is 9.78 Å². The van der Waals surface area contributed by atoms with Gasteiger partial charge in [-0.25, -0.2) is 4.68 Å². The van der Waals surface area contributed by atoms with Crippen molar-refractivity contribution in [2.24, 2.45) is 5.92 Å². The summed E-state index contributed by atoms with van der Waals surface area (Å²) in [6, 6.07) is 21.6. The summed E-state index contributed by atoms with van der Waals surface area (Å²) >= 11 is 1.44. The number of ether oxygens (including phenoxy) is 1. The topological polar surface area (TPSA) is 44.1 Å². The van der Waals surface area contributed by atoms with Gasteiger partial charge < -0.3 is 4.74 Å². The predicted molar refractivity (Wildman–Crippen MR) is 127 cm³/mol. The smallest absolute Gasteiger partial charge is 0.195 e. The van der Waals surface area contributed by atoms with Gasteiger partial charge in [0.25, 0.3) is 0 Å². The number of thiophene rings is 1. The molecule has 0 saturated heterocycles. The quantitative estimate of drug-likeness (QED) is 0.237. The van der Waals surface area contributed by atoms with Gasteiger partial charge in [-0.15, -0.1) is 11.3 Å². The molecule has 31 heavy (non-hydrogen) atoms. The Kier molecular flexibility index (Phi) is 6.43. The van der Waals surface area contributed by atoms with Crippen LogP contribution in [-0.4, -0.2) is 22.2 Å². The van der Waals surface area contributed by atoms with E-state index in [-0.39, 0.29) is 5.78 Å². The monoisotopic (exact) mass is 428 g/mol. The molecule has 0 amide bonds. The van der Waals surface area contributed by atoms with Gasteiger partial charge in [0, 0.05) is 17.3 Å². The summed E-state index contributed by atoms with van der Waals surface area (Å²) in [5, 5.41) is 6.72. The molecule has 0 aliphatic heterocycles. The summed E-state index contributed by atoms with van der Waals surface area (Å²) in [5.41, 5.74) is 3.62. The molecule has 0 bridgehead atoms. The molecule has 0 unspecified atom stereocenters.